The molecule has 0 unspecified atom stereocenters. The first-order valence-electron chi connectivity index (χ1n) is 5.15. The minimum Gasteiger partial charge on any atom is -0.294 e. The number of aromatic nitrogens is 1. The number of pyridine rings is 1. The second kappa shape index (κ2) is 5.46. The molecule has 0 fully saturated rings. The van der Waals surface area contributed by atoms with Crippen LogP contribution in [0.25, 0.3) is 0 Å². The van der Waals surface area contributed by atoms with Gasteiger partial charge in [-0.25, -0.2) is 9.37 Å². The fourth-order valence-electron chi connectivity index (χ4n) is 1.54. The lowest BCUT2D eigenvalue weighted by atomic mass is 10.0. The number of hydrogen-bond donors (Lipinski definition) is 0. The molecule has 5 heteroatoms. The average molecular weight is 284 g/mol. The molecule has 1 heterocycles. The predicted octanol–water partition coefficient (Wildman–Crippen LogP) is 3.95. The minimum atomic E-state index is -0.490. The molecular weight excluding hydrogens is 276 g/mol. The van der Waals surface area contributed by atoms with Crippen LogP contribution in [0, 0.1) is 5.82 Å². The summed E-state index contributed by atoms with van der Waals surface area (Å²) in [5.41, 5.74) is 0.575. The summed E-state index contributed by atoms with van der Waals surface area (Å²) < 4.78 is 13.5. The number of Topliss-reactive ketones (excluding diaryl/α,β-unsaturated/α-hetero) is 1. The highest BCUT2D eigenvalue weighted by Crippen LogP contribution is 2.21. The molecule has 0 atom stereocenters. The molecule has 0 saturated carbocycles. The molecule has 0 bridgehead atoms. The number of ketones is 1. The highest BCUT2D eigenvalue weighted by atomic mass is 35.5. The lowest BCUT2D eigenvalue weighted by Gasteiger charge is -2.05. The van der Waals surface area contributed by atoms with Gasteiger partial charge < -0.3 is 0 Å². The van der Waals surface area contributed by atoms with Gasteiger partial charge in [-0.05, 0) is 24.3 Å². The summed E-state index contributed by atoms with van der Waals surface area (Å²) in [6, 6.07) is 7.29. The fraction of sp³-hybridized carbons (Fsp3) is 0.0769. The number of halogens is 3. The van der Waals surface area contributed by atoms with Gasteiger partial charge in [-0.2, -0.15) is 0 Å². The van der Waals surface area contributed by atoms with Crippen molar-refractivity contribution in [3.63, 3.8) is 0 Å². The van der Waals surface area contributed by atoms with E-state index in [1.54, 1.807) is 6.07 Å². The maximum absolute atomic E-state index is 13.5. The van der Waals surface area contributed by atoms with E-state index >= 15 is 0 Å². The molecule has 18 heavy (non-hydrogen) atoms. The first kappa shape index (κ1) is 13.0. The van der Waals surface area contributed by atoms with E-state index in [-0.39, 0.29) is 27.9 Å². The van der Waals surface area contributed by atoms with E-state index in [1.165, 1.54) is 30.5 Å². The molecule has 0 aliphatic heterocycles. The first-order valence-corrected chi connectivity index (χ1v) is 5.91. The van der Waals surface area contributed by atoms with E-state index in [9.17, 15) is 9.18 Å². The molecule has 0 aliphatic carbocycles. The number of nitrogens with zero attached hydrogens (tertiary/aromatic N) is 1. The van der Waals surface area contributed by atoms with E-state index in [0.717, 1.165) is 0 Å². The number of rotatable bonds is 3. The number of carbonyl (C=O) groups excluding carboxylic acids is 1. The minimum absolute atomic E-state index is 0.105. The zero-order valence-electron chi connectivity index (χ0n) is 9.16. The number of carbonyl (C=O) groups is 1. The number of benzene rings is 1. The van der Waals surface area contributed by atoms with Crippen molar-refractivity contribution in [2.24, 2.45) is 0 Å². The smallest absolute Gasteiger partial charge is 0.167 e. The van der Waals surface area contributed by atoms with Gasteiger partial charge in [0.2, 0.25) is 0 Å². The standard InChI is InChI=1S/C13H8Cl2FNO/c14-10-2-1-3-11(16)9(10)7-12(18)8-4-5-17-13(15)6-8/h1-6H,7H2. The van der Waals surface area contributed by atoms with E-state index in [4.69, 9.17) is 23.2 Å². The molecule has 92 valence electrons. The largest absolute Gasteiger partial charge is 0.294 e. The lowest BCUT2D eigenvalue weighted by molar-refractivity contribution is 0.0991. The average Bonchev–Trinajstić information content (AvgIpc) is 2.34. The molecule has 2 nitrogen and oxygen atoms in total. The van der Waals surface area contributed by atoms with Gasteiger partial charge in [0, 0.05) is 28.8 Å². The van der Waals surface area contributed by atoms with E-state index < -0.39 is 5.82 Å². The van der Waals surface area contributed by atoms with Crippen molar-refractivity contribution in [1.82, 2.24) is 4.98 Å². The Morgan fingerprint density at radius 2 is 2.06 bits per heavy atom. The Morgan fingerprint density at radius 1 is 1.28 bits per heavy atom. The van der Waals surface area contributed by atoms with Crippen LogP contribution in [-0.2, 0) is 6.42 Å². The van der Waals surface area contributed by atoms with Crippen LogP contribution in [0.5, 0.6) is 0 Å². The van der Waals surface area contributed by atoms with Crippen molar-refractivity contribution < 1.29 is 9.18 Å². The quantitative estimate of drug-likeness (QED) is 0.631. The van der Waals surface area contributed by atoms with Crippen LogP contribution in [0.2, 0.25) is 10.2 Å². The molecule has 0 spiro atoms. The van der Waals surface area contributed by atoms with E-state index in [1.807, 2.05) is 0 Å². The summed E-state index contributed by atoms with van der Waals surface area (Å²) in [6.45, 7) is 0. The van der Waals surface area contributed by atoms with Gasteiger partial charge in [-0.1, -0.05) is 29.3 Å². The van der Waals surface area contributed by atoms with Crippen molar-refractivity contribution in [2.75, 3.05) is 0 Å². The second-order valence-electron chi connectivity index (χ2n) is 3.67. The van der Waals surface area contributed by atoms with Gasteiger partial charge in [-0.15, -0.1) is 0 Å². The zero-order valence-corrected chi connectivity index (χ0v) is 10.7. The number of hydrogen-bond acceptors (Lipinski definition) is 2. The maximum atomic E-state index is 13.5. The highest BCUT2D eigenvalue weighted by molar-refractivity contribution is 6.31. The van der Waals surface area contributed by atoms with Crippen LogP contribution in [-0.4, -0.2) is 10.8 Å². The Labute approximate surface area is 113 Å². The Kier molecular flexibility index (Phi) is 3.94. The Hall–Kier alpha value is -1.45. The summed E-state index contributed by atoms with van der Waals surface area (Å²) >= 11 is 11.6. The Balaban J connectivity index is 2.27. The molecule has 0 saturated heterocycles. The Bertz CT molecular complexity index is 581. The van der Waals surface area contributed by atoms with Crippen LogP contribution in [0.4, 0.5) is 4.39 Å². The van der Waals surface area contributed by atoms with E-state index in [0.29, 0.717) is 5.56 Å². The third-order valence-electron chi connectivity index (χ3n) is 2.45. The second-order valence-corrected chi connectivity index (χ2v) is 4.46. The molecule has 2 aromatic rings. The third-order valence-corrected chi connectivity index (χ3v) is 3.01. The third kappa shape index (κ3) is 2.86. The molecule has 0 radical (unpaired) electrons. The molecule has 2 rings (SSSR count). The van der Waals surface area contributed by atoms with Gasteiger partial charge >= 0.3 is 0 Å². The van der Waals surface area contributed by atoms with Crippen molar-refractivity contribution in [3.8, 4) is 0 Å². The molecule has 0 N–H and O–H groups in total. The summed E-state index contributed by atoms with van der Waals surface area (Å²) in [5, 5.41) is 0.462. The normalized spacial score (nSPS) is 10.4. The van der Waals surface area contributed by atoms with Crippen LogP contribution in [0.3, 0.4) is 0 Å². The van der Waals surface area contributed by atoms with Crippen molar-refractivity contribution >= 4 is 29.0 Å². The summed E-state index contributed by atoms with van der Waals surface area (Å²) in [4.78, 5) is 15.7. The monoisotopic (exact) mass is 283 g/mol. The predicted molar refractivity (Wildman–Crippen MR) is 68.7 cm³/mol. The van der Waals surface area contributed by atoms with Crippen LogP contribution in [0.15, 0.2) is 36.5 Å². The SMILES string of the molecule is O=C(Cc1c(F)cccc1Cl)c1ccnc(Cl)c1. The summed E-state index contributed by atoms with van der Waals surface area (Å²) in [5.74, 6) is -0.748. The van der Waals surface area contributed by atoms with Gasteiger partial charge in [0.25, 0.3) is 0 Å². The zero-order chi connectivity index (χ0) is 13.1. The van der Waals surface area contributed by atoms with Crippen LogP contribution < -0.4 is 0 Å². The Morgan fingerprint density at radius 3 is 2.72 bits per heavy atom. The lowest BCUT2D eigenvalue weighted by Crippen LogP contribution is -2.06. The van der Waals surface area contributed by atoms with Crippen LogP contribution in [0.1, 0.15) is 15.9 Å². The van der Waals surface area contributed by atoms with E-state index in [2.05, 4.69) is 4.98 Å². The van der Waals surface area contributed by atoms with Gasteiger partial charge in [-0.3, -0.25) is 4.79 Å². The van der Waals surface area contributed by atoms with Gasteiger partial charge in [0.05, 0.1) is 0 Å². The molecule has 0 amide bonds. The summed E-state index contributed by atoms with van der Waals surface area (Å²) in [6.07, 6.45) is 1.32. The van der Waals surface area contributed by atoms with Crippen molar-refractivity contribution in [2.45, 2.75) is 6.42 Å². The maximum Gasteiger partial charge on any atom is 0.167 e. The topological polar surface area (TPSA) is 30.0 Å². The first-order chi connectivity index (χ1) is 8.58. The van der Waals surface area contributed by atoms with Gasteiger partial charge in [0.1, 0.15) is 11.0 Å². The molecule has 1 aromatic heterocycles. The highest BCUT2D eigenvalue weighted by Gasteiger charge is 2.13. The molecule has 0 aliphatic rings. The molecular formula is C13H8Cl2FNO. The van der Waals surface area contributed by atoms with Crippen LogP contribution >= 0.6 is 23.2 Å². The summed E-state index contributed by atoms with van der Waals surface area (Å²) in [7, 11) is 0. The molecule has 1 aromatic carbocycles. The van der Waals surface area contributed by atoms with Crippen molar-refractivity contribution in [3.05, 3.63) is 63.6 Å². The van der Waals surface area contributed by atoms with Gasteiger partial charge in [0.15, 0.2) is 5.78 Å². The fourth-order valence-corrected chi connectivity index (χ4v) is 1.94. The van der Waals surface area contributed by atoms with Crippen molar-refractivity contribution in [1.29, 1.82) is 0 Å².